The van der Waals surface area contributed by atoms with Crippen molar-refractivity contribution < 1.29 is 9.53 Å². The summed E-state index contributed by atoms with van der Waals surface area (Å²) < 4.78 is 7.17. The molecule has 3 rings (SSSR count). The summed E-state index contributed by atoms with van der Waals surface area (Å²) in [7, 11) is 1.65. The molecule has 1 N–H and O–H groups in total. The Morgan fingerprint density at radius 2 is 2.28 bits per heavy atom. The van der Waals surface area contributed by atoms with Crippen molar-refractivity contribution in [3.05, 3.63) is 48.3 Å². The molecule has 1 amide bonds. The van der Waals surface area contributed by atoms with Gasteiger partial charge in [-0.15, -0.1) is 0 Å². The van der Waals surface area contributed by atoms with Gasteiger partial charge in [-0.3, -0.25) is 14.4 Å². The van der Waals surface area contributed by atoms with E-state index in [4.69, 9.17) is 4.74 Å². The van der Waals surface area contributed by atoms with Crippen LogP contribution in [-0.2, 0) is 17.9 Å². The molecule has 0 aliphatic carbocycles. The van der Waals surface area contributed by atoms with Gasteiger partial charge >= 0.3 is 0 Å². The molecule has 0 spiro atoms. The topological polar surface area (TPSA) is 59.4 Å². The molecule has 134 valence electrons. The number of rotatable bonds is 7. The van der Waals surface area contributed by atoms with Gasteiger partial charge in [0.1, 0.15) is 5.75 Å². The van der Waals surface area contributed by atoms with Crippen LogP contribution in [0.4, 0.5) is 0 Å². The van der Waals surface area contributed by atoms with Crippen LogP contribution in [0.15, 0.2) is 42.7 Å². The number of hydrogen-bond donors (Lipinski definition) is 1. The van der Waals surface area contributed by atoms with E-state index in [1.807, 2.05) is 41.2 Å². The Labute approximate surface area is 148 Å². The van der Waals surface area contributed by atoms with E-state index < -0.39 is 0 Å². The molecule has 1 saturated heterocycles. The summed E-state index contributed by atoms with van der Waals surface area (Å²) in [6.45, 7) is 2.78. The van der Waals surface area contributed by atoms with Gasteiger partial charge in [-0.2, -0.15) is 5.10 Å². The minimum atomic E-state index is 0.0650. The first-order chi connectivity index (χ1) is 12.2. The number of ether oxygens (including phenoxy) is 1. The van der Waals surface area contributed by atoms with Crippen molar-refractivity contribution in [3.63, 3.8) is 0 Å². The summed E-state index contributed by atoms with van der Waals surface area (Å²) in [6, 6.07) is 10.1. The maximum Gasteiger partial charge on any atom is 0.234 e. The number of piperidine rings is 1. The van der Waals surface area contributed by atoms with Gasteiger partial charge in [0, 0.05) is 25.0 Å². The van der Waals surface area contributed by atoms with Gasteiger partial charge in [0.25, 0.3) is 0 Å². The lowest BCUT2D eigenvalue weighted by atomic mass is 10.0. The van der Waals surface area contributed by atoms with Gasteiger partial charge in [-0.25, -0.2) is 0 Å². The van der Waals surface area contributed by atoms with Gasteiger partial charge in [0.2, 0.25) is 5.91 Å². The monoisotopic (exact) mass is 342 g/mol. The van der Waals surface area contributed by atoms with Crippen molar-refractivity contribution >= 4 is 5.91 Å². The molecular weight excluding hydrogens is 316 g/mol. The van der Waals surface area contributed by atoms with E-state index in [0.717, 1.165) is 37.2 Å². The van der Waals surface area contributed by atoms with E-state index in [0.29, 0.717) is 19.1 Å². The van der Waals surface area contributed by atoms with Gasteiger partial charge in [-0.05, 0) is 43.1 Å². The Hall–Kier alpha value is -2.34. The number of likely N-dealkylation sites (tertiary alicyclic amines) is 1. The molecule has 25 heavy (non-hydrogen) atoms. The predicted molar refractivity (Wildman–Crippen MR) is 96.3 cm³/mol. The molecule has 6 heteroatoms. The van der Waals surface area contributed by atoms with Crippen molar-refractivity contribution in [3.8, 4) is 5.75 Å². The number of benzene rings is 1. The molecule has 1 aliphatic rings. The summed E-state index contributed by atoms with van der Waals surface area (Å²) in [6.07, 6.45) is 7.26. The summed E-state index contributed by atoms with van der Waals surface area (Å²) in [5, 5.41) is 7.31. The minimum Gasteiger partial charge on any atom is -0.497 e. The Bertz CT molecular complexity index is 672. The number of hydrogen-bond acceptors (Lipinski definition) is 4. The van der Waals surface area contributed by atoms with Crippen LogP contribution in [-0.4, -0.2) is 46.8 Å². The van der Waals surface area contributed by atoms with Gasteiger partial charge < -0.3 is 10.1 Å². The molecule has 0 radical (unpaired) electrons. The third kappa shape index (κ3) is 5.06. The highest BCUT2D eigenvalue weighted by Gasteiger charge is 2.24. The fourth-order valence-electron chi connectivity index (χ4n) is 3.32. The third-order valence-electron chi connectivity index (χ3n) is 4.68. The second kappa shape index (κ2) is 8.67. The molecule has 1 atom stereocenters. The number of aromatic nitrogens is 2. The molecule has 1 fully saturated rings. The molecular formula is C19H26N4O2. The van der Waals surface area contributed by atoms with Crippen LogP contribution in [0.2, 0.25) is 0 Å². The lowest BCUT2D eigenvalue weighted by Crippen LogP contribution is -2.47. The van der Waals surface area contributed by atoms with Crippen LogP contribution in [0.3, 0.4) is 0 Å². The maximum atomic E-state index is 12.4. The lowest BCUT2D eigenvalue weighted by Gasteiger charge is -2.35. The van der Waals surface area contributed by atoms with E-state index in [1.54, 1.807) is 13.3 Å². The van der Waals surface area contributed by atoms with Gasteiger partial charge in [0.05, 0.1) is 20.2 Å². The van der Waals surface area contributed by atoms with Crippen molar-refractivity contribution in [2.24, 2.45) is 0 Å². The van der Waals surface area contributed by atoms with Crippen molar-refractivity contribution in [1.82, 2.24) is 20.0 Å². The van der Waals surface area contributed by atoms with Crippen LogP contribution in [0, 0.1) is 0 Å². The van der Waals surface area contributed by atoms with Crippen molar-refractivity contribution in [2.45, 2.75) is 38.4 Å². The molecule has 1 aromatic heterocycles. The Morgan fingerprint density at radius 3 is 3.08 bits per heavy atom. The van der Waals surface area contributed by atoms with E-state index >= 15 is 0 Å². The highest BCUT2D eigenvalue weighted by molar-refractivity contribution is 5.78. The third-order valence-corrected chi connectivity index (χ3v) is 4.68. The summed E-state index contributed by atoms with van der Waals surface area (Å²) >= 11 is 0. The zero-order valence-corrected chi connectivity index (χ0v) is 14.7. The smallest absolute Gasteiger partial charge is 0.234 e. The molecule has 6 nitrogen and oxygen atoms in total. The molecule has 1 aliphatic heterocycles. The van der Waals surface area contributed by atoms with Crippen LogP contribution in [0.1, 0.15) is 24.8 Å². The second-order valence-electron chi connectivity index (χ2n) is 6.48. The zero-order valence-electron chi connectivity index (χ0n) is 14.7. The van der Waals surface area contributed by atoms with E-state index in [-0.39, 0.29) is 5.91 Å². The molecule has 0 saturated carbocycles. The molecule has 1 aromatic carbocycles. The standard InChI is InChI=1S/C19H26N4O2/c1-25-18-8-4-6-16(12-18)13-20-19(24)15-22-10-3-2-7-17(22)14-23-11-5-9-21-23/h4-6,8-9,11-12,17H,2-3,7,10,13-15H2,1H3,(H,20,24). The normalized spacial score (nSPS) is 18.0. The van der Waals surface area contributed by atoms with Gasteiger partial charge in [0.15, 0.2) is 0 Å². The van der Waals surface area contributed by atoms with Crippen molar-refractivity contribution in [2.75, 3.05) is 20.2 Å². The Kier molecular flexibility index (Phi) is 6.06. The first kappa shape index (κ1) is 17.5. The van der Waals surface area contributed by atoms with Crippen LogP contribution in [0.5, 0.6) is 5.75 Å². The lowest BCUT2D eigenvalue weighted by molar-refractivity contribution is -0.123. The molecule has 2 heterocycles. The molecule has 2 aromatic rings. The van der Waals surface area contributed by atoms with E-state index in [1.165, 1.54) is 6.42 Å². The number of carbonyl (C=O) groups excluding carboxylic acids is 1. The SMILES string of the molecule is COc1cccc(CNC(=O)CN2CCCCC2Cn2cccn2)c1. The zero-order chi connectivity index (χ0) is 17.5. The van der Waals surface area contributed by atoms with E-state index in [9.17, 15) is 4.79 Å². The van der Waals surface area contributed by atoms with Crippen molar-refractivity contribution in [1.29, 1.82) is 0 Å². The van der Waals surface area contributed by atoms with Gasteiger partial charge in [-0.1, -0.05) is 18.6 Å². The first-order valence-corrected chi connectivity index (χ1v) is 8.85. The minimum absolute atomic E-state index is 0.0650. The highest BCUT2D eigenvalue weighted by Crippen LogP contribution is 2.18. The largest absolute Gasteiger partial charge is 0.497 e. The Morgan fingerprint density at radius 1 is 1.36 bits per heavy atom. The molecule has 1 unspecified atom stereocenters. The van der Waals surface area contributed by atoms with Crippen LogP contribution in [0.25, 0.3) is 0 Å². The first-order valence-electron chi connectivity index (χ1n) is 8.85. The average molecular weight is 342 g/mol. The van der Waals surface area contributed by atoms with Crippen LogP contribution < -0.4 is 10.1 Å². The molecule has 0 bridgehead atoms. The quantitative estimate of drug-likeness (QED) is 0.837. The summed E-state index contributed by atoms with van der Waals surface area (Å²) in [5.41, 5.74) is 1.04. The number of nitrogens with one attached hydrogen (secondary N) is 1. The number of methoxy groups -OCH3 is 1. The average Bonchev–Trinajstić information content (AvgIpc) is 3.15. The highest BCUT2D eigenvalue weighted by atomic mass is 16.5. The number of carbonyl (C=O) groups is 1. The second-order valence-corrected chi connectivity index (χ2v) is 6.48. The summed E-state index contributed by atoms with van der Waals surface area (Å²) in [4.78, 5) is 14.7. The fourth-order valence-corrected chi connectivity index (χ4v) is 3.32. The summed E-state index contributed by atoms with van der Waals surface area (Å²) in [5.74, 6) is 0.872. The van der Waals surface area contributed by atoms with Crippen LogP contribution >= 0.6 is 0 Å². The predicted octanol–water partition coefficient (Wildman–Crippen LogP) is 2.06. The number of nitrogens with zero attached hydrogens (tertiary/aromatic N) is 3. The fraction of sp³-hybridized carbons (Fsp3) is 0.474. The maximum absolute atomic E-state index is 12.4. The van der Waals surface area contributed by atoms with E-state index in [2.05, 4.69) is 15.3 Å². The Balaban J connectivity index is 1.51. The number of amides is 1.